The molecule has 1 aliphatic heterocycles. The summed E-state index contributed by atoms with van der Waals surface area (Å²) in [5.74, 6) is 0.988. The minimum atomic E-state index is -0.171. The Morgan fingerprint density at radius 2 is 2.22 bits per heavy atom. The first-order valence-corrected chi connectivity index (χ1v) is 8.69. The molecule has 0 radical (unpaired) electrons. The molecule has 3 rings (SSSR count). The zero-order chi connectivity index (χ0) is 16.2. The lowest BCUT2D eigenvalue weighted by Gasteiger charge is -2.24. The molecular weight excluding hydrogens is 310 g/mol. The van der Waals surface area contributed by atoms with Crippen molar-refractivity contribution in [3.8, 4) is 0 Å². The summed E-state index contributed by atoms with van der Waals surface area (Å²) in [4.78, 5) is 17.6. The molecule has 1 aliphatic rings. The van der Waals surface area contributed by atoms with E-state index < -0.39 is 0 Å². The fourth-order valence-electron chi connectivity index (χ4n) is 2.63. The van der Waals surface area contributed by atoms with Crippen molar-refractivity contribution in [3.05, 3.63) is 36.4 Å². The van der Waals surface area contributed by atoms with E-state index in [4.69, 9.17) is 0 Å². The maximum absolute atomic E-state index is 12.3. The number of aromatic nitrogens is 3. The highest BCUT2D eigenvalue weighted by atomic mass is 32.2. The Bertz CT molecular complexity index is 685. The molecule has 2 aromatic rings. The standard InChI is InChI=1S/C16H21N5OS/c1-11(2)23-14-6-4-3-5-13(14)20-16(22)19-12-7-8-15-17-10-18-21(15)9-12/h3-6,10-12H,7-9H2,1-2H3,(H2,19,20,22). The Labute approximate surface area is 140 Å². The van der Waals surface area contributed by atoms with Gasteiger partial charge in [-0.2, -0.15) is 5.10 Å². The SMILES string of the molecule is CC(C)Sc1ccccc1NC(=O)NC1CCc2ncnn2C1. The third-order valence-corrected chi connectivity index (χ3v) is 4.72. The summed E-state index contributed by atoms with van der Waals surface area (Å²) in [6.45, 7) is 4.95. The molecular formula is C16H21N5OS. The van der Waals surface area contributed by atoms with Gasteiger partial charge in [0.15, 0.2) is 0 Å². The molecule has 7 heteroatoms. The number of fused-ring (bicyclic) bond motifs is 1. The van der Waals surface area contributed by atoms with Crippen molar-refractivity contribution in [2.24, 2.45) is 0 Å². The van der Waals surface area contributed by atoms with Gasteiger partial charge in [0.05, 0.1) is 18.3 Å². The van der Waals surface area contributed by atoms with E-state index in [1.807, 2.05) is 28.9 Å². The number of urea groups is 1. The van der Waals surface area contributed by atoms with E-state index in [-0.39, 0.29) is 12.1 Å². The number of nitrogens with one attached hydrogen (secondary N) is 2. The van der Waals surface area contributed by atoms with Gasteiger partial charge in [-0.15, -0.1) is 11.8 Å². The van der Waals surface area contributed by atoms with Gasteiger partial charge in [-0.05, 0) is 18.6 Å². The first-order valence-electron chi connectivity index (χ1n) is 7.81. The summed E-state index contributed by atoms with van der Waals surface area (Å²) in [6, 6.07) is 7.79. The number of aryl methyl sites for hydroxylation is 1. The molecule has 2 N–H and O–H groups in total. The van der Waals surface area contributed by atoms with Crippen LogP contribution < -0.4 is 10.6 Å². The number of rotatable bonds is 4. The van der Waals surface area contributed by atoms with Crippen molar-refractivity contribution in [3.63, 3.8) is 0 Å². The van der Waals surface area contributed by atoms with Gasteiger partial charge < -0.3 is 10.6 Å². The minimum Gasteiger partial charge on any atom is -0.333 e. The highest BCUT2D eigenvalue weighted by Crippen LogP contribution is 2.30. The second-order valence-corrected chi connectivity index (χ2v) is 7.47. The zero-order valence-corrected chi connectivity index (χ0v) is 14.1. The smallest absolute Gasteiger partial charge is 0.319 e. The minimum absolute atomic E-state index is 0.0779. The van der Waals surface area contributed by atoms with Crippen LogP contribution in [0, 0.1) is 0 Å². The molecule has 1 atom stereocenters. The van der Waals surface area contributed by atoms with Crippen LogP contribution >= 0.6 is 11.8 Å². The van der Waals surface area contributed by atoms with Gasteiger partial charge in [-0.1, -0.05) is 26.0 Å². The van der Waals surface area contributed by atoms with Crippen molar-refractivity contribution in [2.45, 2.75) is 49.4 Å². The number of benzene rings is 1. The van der Waals surface area contributed by atoms with Crippen molar-refractivity contribution in [2.75, 3.05) is 5.32 Å². The summed E-state index contributed by atoms with van der Waals surface area (Å²) in [5, 5.41) is 10.6. The van der Waals surface area contributed by atoms with Gasteiger partial charge in [-0.25, -0.2) is 14.5 Å². The van der Waals surface area contributed by atoms with Gasteiger partial charge in [0.25, 0.3) is 0 Å². The lowest BCUT2D eigenvalue weighted by atomic mass is 10.1. The average Bonchev–Trinajstić information content (AvgIpc) is 2.96. The Balaban J connectivity index is 1.60. The third kappa shape index (κ3) is 4.04. The number of hydrogen-bond donors (Lipinski definition) is 2. The lowest BCUT2D eigenvalue weighted by Crippen LogP contribution is -2.43. The Kier molecular flexibility index (Phi) is 4.85. The van der Waals surface area contributed by atoms with Crippen LogP contribution in [-0.2, 0) is 13.0 Å². The second kappa shape index (κ2) is 7.04. The predicted molar refractivity (Wildman–Crippen MR) is 91.7 cm³/mol. The van der Waals surface area contributed by atoms with Crippen LogP contribution in [0.2, 0.25) is 0 Å². The zero-order valence-electron chi connectivity index (χ0n) is 13.3. The Morgan fingerprint density at radius 3 is 3.04 bits per heavy atom. The van der Waals surface area contributed by atoms with Crippen molar-refractivity contribution < 1.29 is 4.79 Å². The summed E-state index contributed by atoms with van der Waals surface area (Å²) in [7, 11) is 0. The number of hydrogen-bond acceptors (Lipinski definition) is 4. The van der Waals surface area contributed by atoms with Crippen molar-refractivity contribution >= 4 is 23.5 Å². The van der Waals surface area contributed by atoms with Crippen LogP contribution in [0.15, 0.2) is 35.5 Å². The highest BCUT2D eigenvalue weighted by molar-refractivity contribution is 8.00. The van der Waals surface area contributed by atoms with Crippen LogP contribution in [0.3, 0.4) is 0 Å². The molecule has 122 valence electrons. The van der Waals surface area contributed by atoms with Crippen LogP contribution in [0.25, 0.3) is 0 Å². The average molecular weight is 331 g/mol. The number of thioether (sulfide) groups is 1. The summed E-state index contributed by atoms with van der Waals surface area (Å²) in [6.07, 6.45) is 3.29. The number of anilines is 1. The van der Waals surface area contributed by atoms with E-state index in [9.17, 15) is 4.79 Å². The molecule has 0 saturated carbocycles. The maximum atomic E-state index is 12.3. The summed E-state index contributed by atoms with van der Waals surface area (Å²) < 4.78 is 1.86. The van der Waals surface area contributed by atoms with Gasteiger partial charge >= 0.3 is 6.03 Å². The first-order chi connectivity index (χ1) is 11.1. The quantitative estimate of drug-likeness (QED) is 0.845. The fraction of sp³-hybridized carbons (Fsp3) is 0.438. The Morgan fingerprint density at radius 1 is 1.39 bits per heavy atom. The van der Waals surface area contributed by atoms with Gasteiger partial charge in [0.1, 0.15) is 12.2 Å². The topological polar surface area (TPSA) is 71.8 Å². The number of carbonyl (C=O) groups is 1. The second-order valence-electron chi connectivity index (χ2n) is 5.86. The van der Waals surface area contributed by atoms with Crippen LogP contribution in [-0.4, -0.2) is 32.1 Å². The van der Waals surface area contributed by atoms with Gasteiger partial charge in [0, 0.05) is 16.6 Å². The number of para-hydroxylation sites is 1. The molecule has 2 amide bonds. The van der Waals surface area contributed by atoms with E-state index >= 15 is 0 Å². The van der Waals surface area contributed by atoms with E-state index in [0.29, 0.717) is 11.8 Å². The molecule has 0 saturated heterocycles. The largest absolute Gasteiger partial charge is 0.333 e. The molecule has 2 heterocycles. The van der Waals surface area contributed by atoms with Crippen LogP contribution in [0.1, 0.15) is 26.1 Å². The normalized spacial score (nSPS) is 16.9. The van der Waals surface area contributed by atoms with Crippen LogP contribution in [0.5, 0.6) is 0 Å². The monoisotopic (exact) mass is 331 g/mol. The van der Waals surface area contributed by atoms with E-state index in [1.165, 1.54) is 0 Å². The molecule has 0 fully saturated rings. The van der Waals surface area contributed by atoms with E-state index in [1.54, 1.807) is 18.1 Å². The Hall–Kier alpha value is -2.02. The first kappa shape index (κ1) is 15.9. The van der Waals surface area contributed by atoms with E-state index in [0.717, 1.165) is 29.2 Å². The molecule has 0 bridgehead atoms. The van der Waals surface area contributed by atoms with E-state index in [2.05, 4.69) is 34.6 Å². The molecule has 23 heavy (non-hydrogen) atoms. The number of amides is 2. The van der Waals surface area contributed by atoms with Crippen molar-refractivity contribution in [1.29, 1.82) is 0 Å². The molecule has 0 spiro atoms. The maximum Gasteiger partial charge on any atom is 0.319 e. The van der Waals surface area contributed by atoms with Gasteiger partial charge in [-0.3, -0.25) is 0 Å². The molecule has 1 unspecified atom stereocenters. The summed E-state index contributed by atoms with van der Waals surface area (Å²) in [5.41, 5.74) is 0.848. The molecule has 0 aliphatic carbocycles. The number of carbonyl (C=O) groups excluding carboxylic acids is 1. The fourth-order valence-corrected chi connectivity index (χ4v) is 3.54. The summed E-state index contributed by atoms with van der Waals surface area (Å²) >= 11 is 1.74. The molecule has 1 aromatic carbocycles. The molecule has 6 nitrogen and oxygen atoms in total. The molecule has 1 aromatic heterocycles. The van der Waals surface area contributed by atoms with Crippen molar-refractivity contribution in [1.82, 2.24) is 20.1 Å². The predicted octanol–water partition coefficient (Wildman–Crippen LogP) is 2.92. The van der Waals surface area contributed by atoms with Crippen LogP contribution in [0.4, 0.5) is 10.5 Å². The lowest BCUT2D eigenvalue weighted by molar-refractivity contribution is 0.243. The highest BCUT2D eigenvalue weighted by Gasteiger charge is 2.21. The van der Waals surface area contributed by atoms with Gasteiger partial charge in [0.2, 0.25) is 0 Å². The third-order valence-electron chi connectivity index (χ3n) is 3.64. The number of nitrogens with zero attached hydrogens (tertiary/aromatic N) is 3.